The van der Waals surface area contributed by atoms with Gasteiger partial charge in [0.05, 0.1) is 6.61 Å². The summed E-state index contributed by atoms with van der Waals surface area (Å²) < 4.78 is 18.5. The van der Waals surface area contributed by atoms with Crippen molar-refractivity contribution in [3.63, 3.8) is 0 Å². The van der Waals surface area contributed by atoms with Crippen molar-refractivity contribution < 1.29 is 13.9 Å². The Balaban J connectivity index is 0.00000192. The average Bonchev–Trinajstić information content (AvgIpc) is 3.22. The van der Waals surface area contributed by atoms with E-state index in [0.29, 0.717) is 12.1 Å². The van der Waals surface area contributed by atoms with E-state index in [1.54, 1.807) is 19.2 Å². The molecule has 2 aliphatic rings. The first-order valence-corrected chi connectivity index (χ1v) is 7.89. The standard InChI is InChI=1S/C17H23FN2O2.ClH/c1-22-11-13-8-12(2-3-15(13)18)10-20-16(21)14-9-17(14)4-6-19-7-5-17;/h2-3,8,14,19H,4-7,9-11H2,1H3,(H,20,21);1H. The summed E-state index contributed by atoms with van der Waals surface area (Å²) in [6.45, 7) is 2.72. The van der Waals surface area contributed by atoms with E-state index >= 15 is 0 Å². The van der Waals surface area contributed by atoms with Gasteiger partial charge in [-0.05, 0) is 55.5 Å². The number of carbonyl (C=O) groups is 1. The van der Waals surface area contributed by atoms with Gasteiger partial charge < -0.3 is 15.4 Å². The molecule has 6 heteroatoms. The summed E-state index contributed by atoms with van der Waals surface area (Å²) in [6, 6.07) is 4.90. The van der Waals surface area contributed by atoms with Gasteiger partial charge in [-0.3, -0.25) is 4.79 Å². The van der Waals surface area contributed by atoms with Crippen molar-refractivity contribution in [2.75, 3.05) is 20.2 Å². The monoisotopic (exact) mass is 342 g/mol. The van der Waals surface area contributed by atoms with Crippen molar-refractivity contribution in [2.45, 2.75) is 32.4 Å². The Kier molecular flexibility index (Phi) is 6.00. The Bertz CT molecular complexity index is 562. The van der Waals surface area contributed by atoms with Crippen LogP contribution in [0.25, 0.3) is 0 Å². The minimum atomic E-state index is -0.271. The number of hydrogen-bond donors (Lipinski definition) is 2. The number of halogens is 2. The second kappa shape index (κ2) is 7.60. The molecule has 1 atom stereocenters. The second-order valence-corrected chi connectivity index (χ2v) is 6.45. The molecule has 1 aliphatic carbocycles. The minimum absolute atomic E-state index is 0. The van der Waals surface area contributed by atoms with Gasteiger partial charge in [-0.25, -0.2) is 4.39 Å². The van der Waals surface area contributed by atoms with Crippen LogP contribution < -0.4 is 10.6 Å². The van der Waals surface area contributed by atoms with Crippen LogP contribution in [-0.2, 0) is 22.7 Å². The SMILES string of the molecule is COCc1cc(CNC(=O)C2CC23CCNCC3)ccc1F.Cl. The maximum Gasteiger partial charge on any atom is 0.223 e. The van der Waals surface area contributed by atoms with E-state index in [2.05, 4.69) is 10.6 Å². The molecular formula is C17H24ClFN2O2. The fourth-order valence-electron chi connectivity index (χ4n) is 3.51. The molecule has 1 unspecified atom stereocenters. The Morgan fingerprint density at radius 2 is 2.17 bits per heavy atom. The predicted octanol–water partition coefficient (Wildman–Crippen LogP) is 2.40. The Labute approximate surface area is 142 Å². The molecule has 2 N–H and O–H groups in total. The summed E-state index contributed by atoms with van der Waals surface area (Å²) in [5, 5.41) is 6.34. The third-order valence-corrected chi connectivity index (χ3v) is 4.98. The van der Waals surface area contributed by atoms with Crippen molar-refractivity contribution in [3.8, 4) is 0 Å². The zero-order valence-electron chi connectivity index (χ0n) is 13.4. The van der Waals surface area contributed by atoms with Crippen LogP contribution in [0.15, 0.2) is 18.2 Å². The fourth-order valence-corrected chi connectivity index (χ4v) is 3.51. The zero-order chi connectivity index (χ0) is 15.6. The highest BCUT2D eigenvalue weighted by atomic mass is 35.5. The normalized spacial score (nSPS) is 21.6. The number of ether oxygens (including phenoxy) is 1. The van der Waals surface area contributed by atoms with E-state index in [1.165, 1.54) is 6.07 Å². The summed E-state index contributed by atoms with van der Waals surface area (Å²) in [4.78, 5) is 12.3. The number of hydrogen-bond acceptors (Lipinski definition) is 3. The van der Waals surface area contributed by atoms with E-state index in [9.17, 15) is 9.18 Å². The van der Waals surface area contributed by atoms with E-state index in [-0.39, 0.29) is 42.1 Å². The topological polar surface area (TPSA) is 50.4 Å². The van der Waals surface area contributed by atoms with Crippen molar-refractivity contribution in [2.24, 2.45) is 11.3 Å². The molecule has 1 heterocycles. The van der Waals surface area contributed by atoms with Crippen LogP contribution >= 0.6 is 12.4 Å². The minimum Gasteiger partial charge on any atom is -0.380 e. The second-order valence-electron chi connectivity index (χ2n) is 6.45. The van der Waals surface area contributed by atoms with E-state index in [0.717, 1.165) is 37.9 Å². The van der Waals surface area contributed by atoms with Gasteiger partial charge in [0.15, 0.2) is 0 Å². The first kappa shape index (κ1) is 18.2. The van der Waals surface area contributed by atoms with Crippen LogP contribution in [0.1, 0.15) is 30.4 Å². The van der Waals surface area contributed by atoms with Gasteiger partial charge in [0, 0.05) is 25.1 Å². The molecular weight excluding hydrogens is 319 g/mol. The average molecular weight is 343 g/mol. The summed E-state index contributed by atoms with van der Waals surface area (Å²) >= 11 is 0. The summed E-state index contributed by atoms with van der Waals surface area (Å²) in [6.07, 6.45) is 3.21. The van der Waals surface area contributed by atoms with Gasteiger partial charge in [0.25, 0.3) is 0 Å². The Hall–Kier alpha value is -1.17. The molecule has 0 aromatic heterocycles. The van der Waals surface area contributed by atoms with E-state index in [1.807, 2.05) is 0 Å². The Morgan fingerprint density at radius 3 is 2.87 bits per heavy atom. The van der Waals surface area contributed by atoms with Gasteiger partial charge in [-0.15, -0.1) is 12.4 Å². The molecule has 1 aliphatic heterocycles. The highest BCUT2D eigenvalue weighted by Crippen LogP contribution is 2.58. The maximum atomic E-state index is 13.6. The van der Waals surface area contributed by atoms with Gasteiger partial charge in [0.1, 0.15) is 5.82 Å². The lowest BCUT2D eigenvalue weighted by molar-refractivity contribution is -0.123. The molecule has 4 nitrogen and oxygen atoms in total. The lowest BCUT2D eigenvalue weighted by Crippen LogP contribution is -2.33. The van der Waals surface area contributed by atoms with Crippen LogP contribution in [0.5, 0.6) is 0 Å². The number of carbonyl (C=O) groups excluding carboxylic acids is 1. The van der Waals surface area contributed by atoms with Crippen LogP contribution in [0.3, 0.4) is 0 Å². The van der Waals surface area contributed by atoms with E-state index < -0.39 is 0 Å². The highest BCUT2D eigenvalue weighted by Gasteiger charge is 2.57. The molecule has 0 bridgehead atoms. The number of methoxy groups -OCH3 is 1. The zero-order valence-corrected chi connectivity index (χ0v) is 14.2. The molecule has 3 rings (SSSR count). The highest BCUT2D eigenvalue weighted by molar-refractivity contribution is 5.85. The number of nitrogens with one attached hydrogen (secondary N) is 2. The molecule has 128 valence electrons. The molecule has 23 heavy (non-hydrogen) atoms. The summed E-state index contributed by atoms with van der Waals surface area (Å²) in [7, 11) is 1.54. The quantitative estimate of drug-likeness (QED) is 0.864. The van der Waals surface area contributed by atoms with Crippen LogP contribution in [0.4, 0.5) is 4.39 Å². The Morgan fingerprint density at radius 1 is 1.43 bits per heavy atom. The fraction of sp³-hybridized carbons (Fsp3) is 0.588. The van der Waals surface area contributed by atoms with Crippen LogP contribution in [-0.4, -0.2) is 26.1 Å². The number of amides is 1. The van der Waals surface area contributed by atoms with Gasteiger partial charge in [-0.1, -0.05) is 6.07 Å². The molecule has 1 spiro atoms. The maximum absolute atomic E-state index is 13.6. The molecule has 2 fully saturated rings. The third-order valence-electron chi connectivity index (χ3n) is 4.98. The predicted molar refractivity (Wildman–Crippen MR) is 88.9 cm³/mol. The van der Waals surface area contributed by atoms with E-state index in [4.69, 9.17) is 4.74 Å². The first-order valence-electron chi connectivity index (χ1n) is 7.89. The molecule has 1 aromatic carbocycles. The summed E-state index contributed by atoms with van der Waals surface area (Å²) in [5.74, 6) is 0.0285. The van der Waals surface area contributed by atoms with Crippen molar-refractivity contribution in [3.05, 3.63) is 35.1 Å². The van der Waals surface area contributed by atoms with Crippen molar-refractivity contribution in [1.82, 2.24) is 10.6 Å². The van der Waals surface area contributed by atoms with Crippen molar-refractivity contribution in [1.29, 1.82) is 0 Å². The lowest BCUT2D eigenvalue weighted by atomic mass is 9.92. The molecule has 1 saturated heterocycles. The molecule has 0 radical (unpaired) electrons. The smallest absolute Gasteiger partial charge is 0.223 e. The van der Waals surface area contributed by atoms with Gasteiger partial charge in [-0.2, -0.15) is 0 Å². The first-order chi connectivity index (χ1) is 10.6. The van der Waals surface area contributed by atoms with Crippen LogP contribution in [0, 0.1) is 17.2 Å². The molecule has 1 amide bonds. The molecule has 1 aromatic rings. The van der Waals surface area contributed by atoms with Crippen molar-refractivity contribution >= 4 is 18.3 Å². The molecule has 1 saturated carbocycles. The van der Waals surface area contributed by atoms with Gasteiger partial charge in [0.2, 0.25) is 5.91 Å². The third kappa shape index (κ3) is 4.03. The summed E-state index contributed by atoms with van der Waals surface area (Å²) in [5.41, 5.74) is 1.68. The lowest BCUT2D eigenvalue weighted by Gasteiger charge is -2.23. The van der Waals surface area contributed by atoms with Gasteiger partial charge >= 0.3 is 0 Å². The largest absolute Gasteiger partial charge is 0.380 e. The number of piperidine rings is 1. The van der Waals surface area contributed by atoms with Crippen LogP contribution in [0.2, 0.25) is 0 Å². The number of benzene rings is 1. The number of rotatable bonds is 5.